The Morgan fingerprint density at radius 3 is 2.38 bits per heavy atom. The van der Waals surface area contributed by atoms with Gasteiger partial charge in [-0.1, -0.05) is 26.2 Å². The maximum atomic E-state index is 12.3. The van der Waals surface area contributed by atoms with E-state index in [1.165, 1.54) is 6.42 Å². The quantitative estimate of drug-likeness (QED) is 0.652. The number of ether oxygens (including phenoxy) is 1. The second kappa shape index (κ2) is 6.36. The number of carbonyl (C=O) groups excluding carboxylic acids is 1. The SMILES string of the molecule is CCCOCC(=O)C1(N(C)C)CCCCC1. The molecular weight excluding hydrogens is 202 g/mol. The fourth-order valence-corrected chi connectivity index (χ4v) is 2.56. The lowest BCUT2D eigenvalue weighted by atomic mass is 9.77. The van der Waals surface area contributed by atoms with Gasteiger partial charge in [-0.25, -0.2) is 0 Å². The lowest BCUT2D eigenvalue weighted by Gasteiger charge is -2.41. The average Bonchev–Trinajstić information content (AvgIpc) is 2.30. The van der Waals surface area contributed by atoms with Crippen LogP contribution < -0.4 is 0 Å². The molecule has 3 heteroatoms. The molecule has 1 rings (SSSR count). The van der Waals surface area contributed by atoms with Gasteiger partial charge in [-0.15, -0.1) is 0 Å². The van der Waals surface area contributed by atoms with E-state index in [-0.39, 0.29) is 17.9 Å². The van der Waals surface area contributed by atoms with Gasteiger partial charge in [-0.05, 0) is 33.4 Å². The molecule has 0 aromatic carbocycles. The standard InChI is InChI=1S/C13H25NO2/c1-4-10-16-11-12(15)13(14(2)3)8-6-5-7-9-13/h4-11H2,1-3H3. The molecule has 1 aliphatic rings. The Hall–Kier alpha value is -0.410. The van der Waals surface area contributed by atoms with Gasteiger partial charge in [-0.2, -0.15) is 0 Å². The molecule has 0 aromatic heterocycles. The normalized spacial score (nSPS) is 20.0. The smallest absolute Gasteiger partial charge is 0.178 e. The Labute approximate surface area is 99.1 Å². The summed E-state index contributed by atoms with van der Waals surface area (Å²) < 4.78 is 5.40. The van der Waals surface area contributed by atoms with Gasteiger partial charge in [0.05, 0.1) is 5.54 Å². The van der Waals surface area contributed by atoms with Gasteiger partial charge in [-0.3, -0.25) is 9.69 Å². The number of Topliss-reactive ketones (excluding diaryl/α,β-unsaturated/α-hetero) is 1. The lowest BCUT2D eigenvalue weighted by molar-refractivity contribution is -0.136. The minimum Gasteiger partial charge on any atom is -0.374 e. The van der Waals surface area contributed by atoms with E-state index in [9.17, 15) is 4.79 Å². The summed E-state index contributed by atoms with van der Waals surface area (Å²) in [6.45, 7) is 3.04. The van der Waals surface area contributed by atoms with Crippen LogP contribution in [0.15, 0.2) is 0 Å². The number of hydrogen-bond donors (Lipinski definition) is 0. The van der Waals surface area contributed by atoms with Crippen LogP contribution in [0, 0.1) is 0 Å². The van der Waals surface area contributed by atoms with Crippen molar-refractivity contribution in [3.63, 3.8) is 0 Å². The number of carbonyl (C=O) groups is 1. The summed E-state index contributed by atoms with van der Waals surface area (Å²) in [5, 5.41) is 0. The second-order valence-corrected chi connectivity index (χ2v) is 4.96. The molecule has 0 amide bonds. The van der Waals surface area contributed by atoms with Gasteiger partial charge in [0.25, 0.3) is 0 Å². The molecular formula is C13H25NO2. The first-order chi connectivity index (χ1) is 7.63. The summed E-state index contributed by atoms with van der Waals surface area (Å²) in [6, 6.07) is 0. The van der Waals surface area contributed by atoms with Gasteiger partial charge >= 0.3 is 0 Å². The minimum atomic E-state index is -0.244. The van der Waals surface area contributed by atoms with Gasteiger partial charge in [0.2, 0.25) is 0 Å². The first kappa shape index (κ1) is 13.7. The van der Waals surface area contributed by atoms with Crippen molar-refractivity contribution in [2.24, 2.45) is 0 Å². The van der Waals surface area contributed by atoms with Crippen molar-refractivity contribution in [3.05, 3.63) is 0 Å². The number of nitrogens with zero attached hydrogens (tertiary/aromatic N) is 1. The average molecular weight is 227 g/mol. The van der Waals surface area contributed by atoms with Crippen LogP contribution in [0.4, 0.5) is 0 Å². The molecule has 0 bridgehead atoms. The summed E-state index contributed by atoms with van der Waals surface area (Å²) in [5.74, 6) is 0.269. The third-order valence-corrected chi connectivity index (χ3v) is 3.64. The van der Waals surface area contributed by atoms with Crippen molar-refractivity contribution < 1.29 is 9.53 Å². The lowest BCUT2D eigenvalue weighted by Crippen LogP contribution is -2.53. The van der Waals surface area contributed by atoms with Crippen molar-refractivity contribution in [2.45, 2.75) is 51.0 Å². The highest BCUT2D eigenvalue weighted by molar-refractivity contribution is 5.89. The van der Waals surface area contributed by atoms with Crippen molar-refractivity contribution >= 4 is 5.78 Å². The predicted molar refractivity (Wildman–Crippen MR) is 65.6 cm³/mol. The molecule has 0 N–H and O–H groups in total. The Kier molecular flexibility index (Phi) is 5.42. The van der Waals surface area contributed by atoms with Crippen molar-refractivity contribution in [1.29, 1.82) is 0 Å². The van der Waals surface area contributed by atoms with Crippen LogP contribution in [0.5, 0.6) is 0 Å². The Bertz CT molecular complexity index is 220. The van der Waals surface area contributed by atoms with Gasteiger partial charge in [0, 0.05) is 6.61 Å². The highest BCUT2D eigenvalue weighted by Crippen LogP contribution is 2.33. The molecule has 94 valence electrons. The van der Waals surface area contributed by atoms with E-state index in [1.807, 2.05) is 14.1 Å². The van der Waals surface area contributed by atoms with Crippen LogP contribution in [-0.4, -0.2) is 43.5 Å². The van der Waals surface area contributed by atoms with E-state index in [4.69, 9.17) is 4.74 Å². The van der Waals surface area contributed by atoms with Gasteiger partial charge in [0.1, 0.15) is 6.61 Å². The zero-order chi connectivity index (χ0) is 12.0. The van der Waals surface area contributed by atoms with Crippen molar-refractivity contribution in [2.75, 3.05) is 27.3 Å². The van der Waals surface area contributed by atoms with E-state index >= 15 is 0 Å². The number of rotatable bonds is 6. The molecule has 0 radical (unpaired) electrons. The molecule has 0 aliphatic heterocycles. The van der Waals surface area contributed by atoms with Crippen molar-refractivity contribution in [1.82, 2.24) is 4.90 Å². The summed E-state index contributed by atoms with van der Waals surface area (Å²) in [7, 11) is 4.03. The number of likely N-dealkylation sites (N-methyl/N-ethyl adjacent to an activating group) is 1. The van der Waals surface area contributed by atoms with Crippen LogP contribution in [0.1, 0.15) is 45.4 Å². The molecule has 0 unspecified atom stereocenters. The summed E-state index contributed by atoms with van der Waals surface area (Å²) >= 11 is 0. The molecule has 3 nitrogen and oxygen atoms in total. The summed E-state index contributed by atoms with van der Waals surface area (Å²) in [5.41, 5.74) is -0.244. The second-order valence-electron chi connectivity index (χ2n) is 4.96. The largest absolute Gasteiger partial charge is 0.374 e. The van der Waals surface area contributed by atoms with E-state index < -0.39 is 0 Å². The molecule has 0 spiro atoms. The third-order valence-electron chi connectivity index (χ3n) is 3.64. The van der Waals surface area contributed by atoms with Crippen LogP contribution >= 0.6 is 0 Å². The fraction of sp³-hybridized carbons (Fsp3) is 0.923. The minimum absolute atomic E-state index is 0.244. The molecule has 16 heavy (non-hydrogen) atoms. The molecule has 0 atom stereocenters. The zero-order valence-corrected chi connectivity index (χ0v) is 10.9. The maximum Gasteiger partial charge on any atom is 0.178 e. The van der Waals surface area contributed by atoms with Crippen LogP contribution in [0.25, 0.3) is 0 Å². The van der Waals surface area contributed by atoms with E-state index in [0.29, 0.717) is 6.61 Å². The first-order valence-electron chi connectivity index (χ1n) is 6.42. The van der Waals surface area contributed by atoms with Crippen LogP contribution in [0.3, 0.4) is 0 Å². The topological polar surface area (TPSA) is 29.5 Å². The zero-order valence-electron chi connectivity index (χ0n) is 10.9. The Morgan fingerprint density at radius 2 is 1.88 bits per heavy atom. The molecule has 1 saturated carbocycles. The van der Waals surface area contributed by atoms with E-state index in [1.54, 1.807) is 0 Å². The molecule has 0 aromatic rings. The van der Waals surface area contributed by atoms with Gasteiger partial charge in [0.15, 0.2) is 5.78 Å². The number of ketones is 1. The number of hydrogen-bond acceptors (Lipinski definition) is 3. The van der Waals surface area contributed by atoms with Gasteiger partial charge < -0.3 is 4.74 Å². The summed E-state index contributed by atoms with van der Waals surface area (Å²) in [6.07, 6.45) is 6.55. The maximum absolute atomic E-state index is 12.3. The van der Waals surface area contributed by atoms with Crippen LogP contribution in [-0.2, 0) is 9.53 Å². The predicted octanol–water partition coefficient (Wildman–Crippen LogP) is 2.25. The Balaban J connectivity index is 2.58. The van der Waals surface area contributed by atoms with Crippen molar-refractivity contribution in [3.8, 4) is 0 Å². The monoisotopic (exact) mass is 227 g/mol. The highest BCUT2D eigenvalue weighted by Gasteiger charge is 2.40. The molecule has 0 heterocycles. The molecule has 1 fully saturated rings. The highest BCUT2D eigenvalue weighted by atomic mass is 16.5. The van der Waals surface area contributed by atoms with E-state index in [0.717, 1.165) is 32.1 Å². The molecule has 0 saturated heterocycles. The fourth-order valence-electron chi connectivity index (χ4n) is 2.56. The van der Waals surface area contributed by atoms with E-state index in [2.05, 4.69) is 11.8 Å². The Morgan fingerprint density at radius 1 is 1.25 bits per heavy atom. The molecule has 1 aliphatic carbocycles. The summed E-state index contributed by atoms with van der Waals surface area (Å²) in [4.78, 5) is 14.4. The van der Waals surface area contributed by atoms with Crippen LogP contribution in [0.2, 0.25) is 0 Å². The third kappa shape index (κ3) is 3.05. The first-order valence-corrected chi connectivity index (χ1v) is 6.42.